The quantitative estimate of drug-likeness (QED) is 0.559. The number of benzene rings is 1. The zero-order valence-corrected chi connectivity index (χ0v) is 16.7. The lowest BCUT2D eigenvalue weighted by molar-refractivity contribution is -0.147. The van der Waals surface area contributed by atoms with E-state index < -0.39 is 36.1 Å². The Labute approximate surface area is 163 Å². The van der Waals surface area contributed by atoms with Crippen LogP contribution in [0.3, 0.4) is 0 Å². The van der Waals surface area contributed by atoms with Crippen LogP contribution in [0.15, 0.2) is 18.2 Å². The van der Waals surface area contributed by atoms with E-state index in [-0.39, 0.29) is 0 Å². The van der Waals surface area contributed by atoms with Gasteiger partial charge >= 0.3 is 12.1 Å². The molecular weight excluding hydrogens is 374 g/mol. The highest BCUT2D eigenvalue weighted by atomic mass is 35.5. The third-order valence-corrected chi connectivity index (χ3v) is 4.27. The molecule has 0 unspecified atom stereocenters. The summed E-state index contributed by atoms with van der Waals surface area (Å²) in [6, 6.07) is 3.83. The normalized spacial score (nSPS) is 16.8. The summed E-state index contributed by atoms with van der Waals surface area (Å²) in [4.78, 5) is 38.2. The Morgan fingerprint density at radius 3 is 2.56 bits per heavy atom. The van der Waals surface area contributed by atoms with Gasteiger partial charge in [0.2, 0.25) is 0 Å². The SMILES string of the molecule is COc1ccc(C(=O)COC(=O)[C@@H]2CCCN2C(=O)OC(C)(C)C)cc1Cl. The minimum atomic E-state index is -0.743. The lowest BCUT2D eigenvalue weighted by Crippen LogP contribution is -2.44. The summed E-state index contributed by atoms with van der Waals surface area (Å²) in [5.74, 6) is -0.565. The number of halogens is 1. The Morgan fingerprint density at radius 2 is 1.96 bits per heavy atom. The highest BCUT2D eigenvalue weighted by Crippen LogP contribution is 2.25. The molecule has 1 aliphatic rings. The van der Waals surface area contributed by atoms with Gasteiger partial charge in [-0.2, -0.15) is 0 Å². The van der Waals surface area contributed by atoms with Crippen molar-refractivity contribution in [2.75, 3.05) is 20.3 Å². The second-order valence-electron chi connectivity index (χ2n) is 7.21. The minimum Gasteiger partial charge on any atom is -0.495 e. The van der Waals surface area contributed by atoms with Crippen LogP contribution in [0.1, 0.15) is 44.0 Å². The van der Waals surface area contributed by atoms with Crippen LogP contribution in [-0.4, -0.2) is 54.7 Å². The third-order valence-electron chi connectivity index (χ3n) is 3.97. The molecule has 1 saturated heterocycles. The average Bonchev–Trinajstić information content (AvgIpc) is 3.07. The molecule has 1 fully saturated rings. The van der Waals surface area contributed by atoms with Crippen molar-refractivity contribution < 1.29 is 28.6 Å². The molecule has 0 aromatic heterocycles. The molecule has 0 aliphatic carbocycles. The van der Waals surface area contributed by atoms with Crippen molar-refractivity contribution in [2.45, 2.75) is 45.3 Å². The van der Waals surface area contributed by atoms with Crippen LogP contribution < -0.4 is 4.74 Å². The largest absolute Gasteiger partial charge is 0.495 e. The zero-order chi connectivity index (χ0) is 20.2. The van der Waals surface area contributed by atoms with Crippen LogP contribution >= 0.6 is 11.6 Å². The predicted molar refractivity (Wildman–Crippen MR) is 99.3 cm³/mol. The molecule has 0 radical (unpaired) electrons. The average molecular weight is 398 g/mol. The van der Waals surface area contributed by atoms with Gasteiger partial charge in [0.1, 0.15) is 17.4 Å². The summed E-state index contributed by atoms with van der Waals surface area (Å²) in [6.07, 6.45) is 0.581. The number of hydrogen-bond donors (Lipinski definition) is 0. The molecular formula is C19H24ClNO6. The van der Waals surface area contributed by atoms with E-state index in [0.717, 1.165) is 0 Å². The molecule has 1 heterocycles. The number of ether oxygens (including phenoxy) is 3. The molecule has 0 bridgehead atoms. The van der Waals surface area contributed by atoms with Crippen LogP contribution in [0.25, 0.3) is 0 Å². The Morgan fingerprint density at radius 1 is 1.26 bits per heavy atom. The standard InChI is InChI=1S/C19H24ClNO6/c1-19(2,3)27-18(24)21-9-5-6-14(21)17(23)26-11-15(22)12-7-8-16(25-4)13(20)10-12/h7-8,10,14H,5-6,9,11H2,1-4H3/t14-/m0/s1. The number of likely N-dealkylation sites (tertiary alicyclic amines) is 1. The van der Waals surface area contributed by atoms with E-state index in [4.69, 9.17) is 25.8 Å². The van der Waals surface area contributed by atoms with Crippen LogP contribution in [0.5, 0.6) is 5.75 Å². The highest BCUT2D eigenvalue weighted by molar-refractivity contribution is 6.32. The number of esters is 1. The fourth-order valence-electron chi connectivity index (χ4n) is 2.71. The number of hydrogen-bond acceptors (Lipinski definition) is 6. The topological polar surface area (TPSA) is 82.1 Å². The van der Waals surface area contributed by atoms with E-state index in [2.05, 4.69) is 0 Å². The van der Waals surface area contributed by atoms with Gasteiger partial charge in [-0.15, -0.1) is 0 Å². The highest BCUT2D eigenvalue weighted by Gasteiger charge is 2.37. The molecule has 1 atom stereocenters. The summed E-state index contributed by atoms with van der Waals surface area (Å²) >= 11 is 6.00. The van der Waals surface area contributed by atoms with Gasteiger partial charge in [-0.3, -0.25) is 9.69 Å². The van der Waals surface area contributed by atoms with Gasteiger partial charge in [0.05, 0.1) is 12.1 Å². The zero-order valence-electron chi connectivity index (χ0n) is 15.9. The first kappa shape index (κ1) is 21.0. The van der Waals surface area contributed by atoms with Gasteiger partial charge in [0.25, 0.3) is 0 Å². The van der Waals surface area contributed by atoms with E-state index in [1.807, 2.05) is 0 Å². The molecule has 0 saturated carbocycles. The maximum atomic E-state index is 12.4. The Bertz CT molecular complexity index is 727. The summed E-state index contributed by atoms with van der Waals surface area (Å²) < 4.78 is 15.5. The molecule has 27 heavy (non-hydrogen) atoms. The molecule has 1 amide bonds. The second-order valence-corrected chi connectivity index (χ2v) is 7.62. The monoisotopic (exact) mass is 397 g/mol. The second kappa shape index (κ2) is 8.61. The van der Waals surface area contributed by atoms with Crippen molar-refractivity contribution in [3.8, 4) is 5.75 Å². The van der Waals surface area contributed by atoms with Crippen molar-refractivity contribution in [1.82, 2.24) is 4.90 Å². The summed E-state index contributed by atoms with van der Waals surface area (Å²) in [5.41, 5.74) is -0.346. The Balaban J connectivity index is 1.95. The molecule has 2 rings (SSSR count). The fourth-order valence-corrected chi connectivity index (χ4v) is 2.96. The summed E-state index contributed by atoms with van der Waals surface area (Å²) in [6.45, 7) is 5.25. The Hall–Kier alpha value is -2.28. The number of carbonyl (C=O) groups is 3. The minimum absolute atomic E-state index is 0.293. The van der Waals surface area contributed by atoms with Gasteiger partial charge in [0, 0.05) is 12.1 Å². The molecule has 1 aromatic carbocycles. The van der Waals surface area contributed by atoms with E-state index in [1.165, 1.54) is 18.1 Å². The summed E-state index contributed by atoms with van der Waals surface area (Å²) in [5, 5.41) is 0.293. The molecule has 7 nitrogen and oxygen atoms in total. The van der Waals surface area contributed by atoms with Gasteiger partial charge in [-0.1, -0.05) is 11.6 Å². The lowest BCUT2D eigenvalue weighted by atomic mass is 10.1. The first-order valence-electron chi connectivity index (χ1n) is 8.65. The Kier molecular flexibility index (Phi) is 6.70. The molecule has 8 heteroatoms. The molecule has 0 N–H and O–H groups in total. The van der Waals surface area contributed by atoms with Crippen LogP contribution in [-0.2, 0) is 14.3 Å². The van der Waals surface area contributed by atoms with Gasteiger partial charge in [-0.25, -0.2) is 9.59 Å². The summed E-state index contributed by atoms with van der Waals surface area (Å²) in [7, 11) is 1.47. The molecule has 1 aromatic rings. The number of Topliss-reactive ketones (excluding diaryl/α,β-unsaturated/α-hetero) is 1. The smallest absolute Gasteiger partial charge is 0.411 e. The maximum absolute atomic E-state index is 12.4. The van der Waals surface area contributed by atoms with E-state index in [0.29, 0.717) is 35.7 Å². The fraction of sp³-hybridized carbons (Fsp3) is 0.526. The van der Waals surface area contributed by atoms with E-state index >= 15 is 0 Å². The lowest BCUT2D eigenvalue weighted by Gasteiger charge is -2.27. The number of ketones is 1. The molecule has 148 valence electrons. The molecule has 0 spiro atoms. The van der Waals surface area contributed by atoms with Crippen LogP contribution in [0, 0.1) is 0 Å². The first-order valence-corrected chi connectivity index (χ1v) is 9.03. The van der Waals surface area contributed by atoms with Gasteiger partial charge < -0.3 is 14.2 Å². The third kappa shape index (κ3) is 5.60. The predicted octanol–water partition coefficient (Wildman–Crippen LogP) is 3.47. The van der Waals surface area contributed by atoms with Crippen molar-refractivity contribution in [1.29, 1.82) is 0 Å². The maximum Gasteiger partial charge on any atom is 0.411 e. The number of amides is 1. The van der Waals surface area contributed by atoms with Crippen molar-refractivity contribution in [3.05, 3.63) is 28.8 Å². The van der Waals surface area contributed by atoms with E-state index in [9.17, 15) is 14.4 Å². The van der Waals surface area contributed by atoms with E-state index in [1.54, 1.807) is 32.9 Å². The number of carbonyl (C=O) groups excluding carboxylic acids is 3. The van der Waals surface area contributed by atoms with Gasteiger partial charge in [-0.05, 0) is 51.8 Å². The van der Waals surface area contributed by atoms with Crippen molar-refractivity contribution in [3.63, 3.8) is 0 Å². The van der Waals surface area contributed by atoms with Crippen LogP contribution in [0.2, 0.25) is 5.02 Å². The first-order chi connectivity index (χ1) is 12.6. The van der Waals surface area contributed by atoms with Gasteiger partial charge in [0.15, 0.2) is 12.4 Å². The number of rotatable bonds is 5. The van der Waals surface area contributed by atoms with Crippen LogP contribution in [0.4, 0.5) is 4.79 Å². The van der Waals surface area contributed by atoms with Crippen molar-refractivity contribution >= 4 is 29.4 Å². The number of methoxy groups -OCH3 is 1. The number of nitrogens with zero attached hydrogens (tertiary/aromatic N) is 1. The molecule has 1 aliphatic heterocycles. The van der Waals surface area contributed by atoms with Crippen molar-refractivity contribution in [2.24, 2.45) is 0 Å².